The number of halogens is 8. The molecule has 1 aliphatic carbocycles. The minimum atomic E-state index is -5.11. The average Bonchev–Trinajstić information content (AvgIpc) is 3.51. The van der Waals surface area contributed by atoms with Crippen LogP contribution in [-0.2, 0) is 44.1 Å². The summed E-state index contributed by atoms with van der Waals surface area (Å²) in [6, 6.07) is 14.1. The molecule has 3 aliphatic heterocycles. The summed E-state index contributed by atoms with van der Waals surface area (Å²) in [5, 5.41) is 9.99. The molecular weight excluding hydrogens is 811 g/mol. The number of aliphatic hydroxyl groups is 1. The van der Waals surface area contributed by atoms with Gasteiger partial charge in [0.2, 0.25) is 5.91 Å². The molecule has 4 aliphatic rings. The molecule has 8 nitrogen and oxygen atoms in total. The van der Waals surface area contributed by atoms with Gasteiger partial charge in [0.1, 0.15) is 12.2 Å². The van der Waals surface area contributed by atoms with E-state index in [0.717, 1.165) is 25.7 Å². The van der Waals surface area contributed by atoms with Gasteiger partial charge < -0.3 is 29.3 Å². The van der Waals surface area contributed by atoms with Gasteiger partial charge in [-0.05, 0) is 105 Å². The number of piperidine rings is 2. The molecule has 2 amide bonds. The van der Waals surface area contributed by atoms with Crippen LogP contribution in [0.4, 0.5) is 26.3 Å². The largest absolute Gasteiger partial charge is 0.416 e. The average molecular weight is 857 g/mol. The third kappa shape index (κ3) is 8.88. The number of aliphatic hydroxyl groups excluding tert-OH is 1. The van der Waals surface area contributed by atoms with E-state index in [0.29, 0.717) is 63.3 Å². The highest BCUT2D eigenvalue weighted by Crippen LogP contribution is 2.48. The maximum absolute atomic E-state index is 13.8. The summed E-state index contributed by atoms with van der Waals surface area (Å²) in [6.45, 7) is 2.86. The van der Waals surface area contributed by atoms with Crippen molar-refractivity contribution < 1.29 is 50.5 Å². The summed E-state index contributed by atoms with van der Waals surface area (Å²) >= 11 is 12.7. The number of hydrogen-bond acceptors (Lipinski definition) is 6. The maximum atomic E-state index is 13.8. The zero-order chi connectivity index (χ0) is 41.5. The SMILES string of the molecule is O=C(CO[C@H]1Cc2ccccc2C12CCN(CC[C@]1(c3ccc(Cl)c(Cl)c3)CN(C(=O)c3cc(C(F)(F)F)cc(C(F)(F)F)c3)CCO1)CC2)N1CCC(CO)CC1. The van der Waals surface area contributed by atoms with Gasteiger partial charge in [-0.15, -0.1) is 0 Å². The number of morpholine rings is 1. The number of alkyl halides is 6. The van der Waals surface area contributed by atoms with Crippen molar-refractivity contribution in [3.8, 4) is 0 Å². The van der Waals surface area contributed by atoms with Crippen LogP contribution in [0, 0.1) is 5.92 Å². The minimum Gasteiger partial charge on any atom is -0.396 e. The molecule has 16 heteroatoms. The van der Waals surface area contributed by atoms with Gasteiger partial charge in [-0.3, -0.25) is 9.59 Å². The van der Waals surface area contributed by atoms with Crippen molar-refractivity contribution in [2.24, 2.45) is 5.92 Å². The molecule has 2 atom stereocenters. The quantitative estimate of drug-likeness (QED) is 0.220. The van der Waals surface area contributed by atoms with Crippen LogP contribution in [0.15, 0.2) is 60.7 Å². The van der Waals surface area contributed by atoms with Gasteiger partial charge in [0.05, 0.1) is 40.4 Å². The van der Waals surface area contributed by atoms with Crippen molar-refractivity contribution in [1.82, 2.24) is 14.7 Å². The van der Waals surface area contributed by atoms with Gasteiger partial charge in [-0.1, -0.05) is 53.5 Å². The van der Waals surface area contributed by atoms with Crippen LogP contribution in [-0.4, -0.2) is 103 Å². The highest BCUT2D eigenvalue weighted by molar-refractivity contribution is 6.42. The molecule has 0 radical (unpaired) electrons. The van der Waals surface area contributed by atoms with E-state index in [4.69, 9.17) is 32.7 Å². The van der Waals surface area contributed by atoms with Crippen LogP contribution in [0.1, 0.15) is 70.3 Å². The second-order valence-electron chi connectivity index (χ2n) is 15.9. The predicted molar refractivity (Wildman–Crippen MR) is 205 cm³/mol. The standard InChI is InChI=1S/C42H45Cl2F6N3O5/c43-34-6-5-30(23-35(34)44)40(26-53(17-18-58-40)38(56)29-19-31(41(45,46)47)22-32(20-29)42(48,49)50)11-16-51-14-9-39(10-15-51)33-4-2-1-3-28(33)21-36(39)57-25-37(55)52-12-7-27(24-54)8-13-52/h1-6,19-20,22-23,27,36,54H,7-18,21,24-26H2/t36-,40+/m0/s1. The summed E-state index contributed by atoms with van der Waals surface area (Å²) in [7, 11) is 0. The van der Waals surface area contributed by atoms with E-state index >= 15 is 0 Å². The van der Waals surface area contributed by atoms with E-state index in [2.05, 4.69) is 17.0 Å². The van der Waals surface area contributed by atoms with Gasteiger partial charge >= 0.3 is 12.4 Å². The Morgan fingerprint density at radius 1 is 0.845 bits per heavy atom. The van der Waals surface area contributed by atoms with Crippen LogP contribution in [0.2, 0.25) is 10.0 Å². The molecule has 0 unspecified atom stereocenters. The van der Waals surface area contributed by atoms with E-state index < -0.39 is 40.6 Å². The number of ether oxygens (including phenoxy) is 2. The molecule has 3 saturated heterocycles. The minimum absolute atomic E-state index is 0.000820. The molecule has 0 bridgehead atoms. The van der Waals surface area contributed by atoms with Crippen molar-refractivity contribution in [1.29, 1.82) is 0 Å². The number of carbonyl (C=O) groups is 2. The van der Waals surface area contributed by atoms with Crippen molar-refractivity contribution in [3.05, 3.63) is 104 Å². The van der Waals surface area contributed by atoms with Crippen LogP contribution in [0.25, 0.3) is 0 Å². The first-order valence-electron chi connectivity index (χ1n) is 19.5. The number of carbonyl (C=O) groups excluding carboxylic acids is 2. The lowest BCUT2D eigenvalue weighted by Gasteiger charge is -2.46. The first kappa shape index (κ1) is 42.7. The third-order valence-electron chi connectivity index (χ3n) is 12.5. The number of hydrogen-bond donors (Lipinski definition) is 1. The molecular formula is C42H45Cl2F6N3O5. The Morgan fingerprint density at radius 3 is 2.16 bits per heavy atom. The predicted octanol–water partition coefficient (Wildman–Crippen LogP) is 8.00. The Labute approximate surface area is 343 Å². The summed E-state index contributed by atoms with van der Waals surface area (Å²) < 4.78 is 95.2. The van der Waals surface area contributed by atoms with E-state index in [1.54, 1.807) is 18.2 Å². The van der Waals surface area contributed by atoms with Crippen molar-refractivity contribution in [2.75, 3.05) is 65.6 Å². The fraction of sp³-hybridized carbons (Fsp3) is 0.524. The molecule has 7 rings (SSSR count). The number of benzene rings is 3. The molecule has 3 heterocycles. The molecule has 1 spiro atoms. The van der Waals surface area contributed by atoms with E-state index in [-0.39, 0.29) is 72.4 Å². The van der Waals surface area contributed by atoms with Gasteiger partial charge in [0, 0.05) is 43.8 Å². The summed E-state index contributed by atoms with van der Waals surface area (Å²) in [4.78, 5) is 32.4. The maximum Gasteiger partial charge on any atom is 0.416 e. The molecule has 3 fully saturated rings. The van der Waals surface area contributed by atoms with E-state index in [1.807, 2.05) is 17.0 Å². The first-order valence-corrected chi connectivity index (χ1v) is 20.3. The molecule has 0 aromatic heterocycles. The first-order chi connectivity index (χ1) is 27.5. The van der Waals surface area contributed by atoms with Crippen LogP contribution in [0.3, 0.4) is 0 Å². The molecule has 3 aromatic carbocycles. The second kappa shape index (κ2) is 16.9. The summed E-state index contributed by atoms with van der Waals surface area (Å²) in [6.07, 6.45) is -6.41. The summed E-state index contributed by atoms with van der Waals surface area (Å²) in [5.41, 5.74) is -2.42. The Morgan fingerprint density at radius 2 is 1.52 bits per heavy atom. The lowest BCUT2D eigenvalue weighted by Crippen LogP contribution is -2.54. The Balaban J connectivity index is 1.08. The van der Waals surface area contributed by atoms with Crippen LogP contribution < -0.4 is 0 Å². The van der Waals surface area contributed by atoms with Gasteiger partial charge in [-0.2, -0.15) is 26.3 Å². The number of fused-ring (bicyclic) bond motifs is 2. The molecule has 1 N–H and O–H groups in total. The molecule has 3 aromatic rings. The number of nitrogens with zero attached hydrogens (tertiary/aromatic N) is 3. The fourth-order valence-corrected chi connectivity index (χ4v) is 9.47. The highest BCUT2D eigenvalue weighted by Gasteiger charge is 2.50. The van der Waals surface area contributed by atoms with Crippen molar-refractivity contribution in [2.45, 2.75) is 68.0 Å². The molecule has 58 heavy (non-hydrogen) atoms. The summed E-state index contributed by atoms with van der Waals surface area (Å²) in [5.74, 6) is -0.822. The second-order valence-corrected chi connectivity index (χ2v) is 16.7. The van der Waals surface area contributed by atoms with E-state index in [9.17, 15) is 41.0 Å². The monoisotopic (exact) mass is 855 g/mol. The Hall–Kier alpha value is -3.40. The third-order valence-corrected chi connectivity index (χ3v) is 13.3. The lowest BCUT2D eigenvalue weighted by atomic mass is 9.72. The van der Waals surface area contributed by atoms with Crippen LogP contribution >= 0.6 is 23.2 Å². The highest BCUT2D eigenvalue weighted by atomic mass is 35.5. The normalized spacial score (nSPS) is 23.0. The molecule has 314 valence electrons. The lowest BCUT2D eigenvalue weighted by molar-refractivity contribution is -0.143. The number of rotatable bonds is 9. The van der Waals surface area contributed by atoms with E-state index in [1.165, 1.54) is 16.0 Å². The van der Waals surface area contributed by atoms with Gasteiger partial charge in [0.15, 0.2) is 0 Å². The van der Waals surface area contributed by atoms with Crippen LogP contribution in [0.5, 0.6) is 0 Å². The zero-order valence-corrected chi connectivity index (χ0v) is 33.2. The Kier molecular flexibility index (Phi) is 12.5. The van der Waals surface area contributed by atoms with Crippen molar-refractivity contribution in [3.63, 3.8) is 0 Å². The molecule has 0 saturated carbocycles. The number of amides is 2. The van der Waals surface area contributed by atoms with Gasteiger partial charge in [-0.25, -0.2) is 0 Å². The topological polar surface area (TPSA) is 82.5 Å². The number of likely N-dealkylation sites (tertiary alicyclic amines) is 2. The van der Waals surface area contributed by atoms with Crippen molar-refractivity contribution >= 4 is 35.0 Å². The Bertz CT molecular complexity index is 1950. The van der Waals surface area contributed by atoms with Gasteiger partial charge in [0.25, 0.3) is 5.91 Å². The smallest absolute Gasteiger partial charge is 0.396 e. The zero-order valence-electron chi connectivity index (χ0n) is 31.7. The fourth-order valence-electron chi connectivity index (χ4n) is 9.17.